The molecule has 0 aliphatic heterocycles. The van der Waals surface area contributed by atoms with Crippen molar-refractivity contribution < 1.29 is 0 Å². The summed E-state index contributed by atoms with van der Waals surface area (Å²) < 4.78 is 0. The summed E-state index contributed by atoms with van der Waals surface area (Å²) in [6, 6.07) is 0.405. The molecule has 4 nitrogen and oxygen atoms in total. The quantitative estimate of drug-likeness (QED) is 0.713. The zero-order valence-electron chi connectivity index (χ0n) is 14.3. The van der Waals surface area contributed by atoms with Gasteiger partial charge in [0.05, 0.1) is 0 Å². The lowest BCUT2D eigenvalue weighted by Gasteiger charge is -2.19. The number of anilines is 2. The van der Waals surface area contributed by atoms with Crippen molar-refractivity contribution in [3.63, 3.8) is 0 Å². The van der Waals surface area contributed by atoms with Gasteiger partial charge in [-0.05, 0) is 26.0 Å². The summed E-state index contributed by atoms with van der Waals surface area (Å²) in [5.41, 5.74) is 1.11. The van der Waals surface area contributed by atoms with Gasteiger partial charge in [0.25, 0.3) is 0 Å². The molecule has 2 N–H and O–H groups in total. The molecule has 21 heavy (non-hydrogen) atoms. The van der Waals surface area contributed by atoms with E-state index in [1.54, 1.807) is 0 Å². The molecule has 0 aliphatic rings. The SMILES string of the molecule is CCCNc1nc(C(C)C)nc(NC(C)CSCC)c1C. The number of thioether (sulfide) groups is 1. The van der Waals surface area contributed by atoms with E-state index in [-0.39, 0.29) is 0 Å². The number of nitrogens with one attached hydrogen (secondary N) is 2. The molecule has 1 rings (SSSR count). The third kappa shape index (κ3) is 5.73. The van der Waals surface area contributed by atoms with Crippen LogP contribution >= 0.6 is 11.8 Å². The van der Waals surface area contributed by atoms with Crippen LogP contribution in [-0.2, 0) is 0 Å². The van der Waals surface area contributed by atoms with Crippen molar-refractivity contribution in [2.24, 2.45) is 0 Å². The van der Waals surface area contributed by atoms with Gasteiger partial charge in [-0.2, -0.15) is 11.8 Å². The molecule has 0 fully saturated rings. The maximum atomic E-state index is 4.72. The number of hydrogen-bond acceptors (Lipinski definition) is 5. The molecule has 0 bridgehead atoms. The molecular weight excluding hydrogens is 280 g/mol. The van der Waals surface area contributed by atoms with Gasteiger partial charge < -0.3 is 10.6 Å². The molecule has 1 aromatic heterocycles. The molecule has 0 amide bonds. The largest absolute Gasteiger partial charge is 0.370 e. The minimum atomic E-state index is 0.327. The third-order valence-electron chi connectivity index (χ3n) is 3.18. The second-order valence-corrected chi connectivity index (χ2v) is 7.01. The summed E-state index contributed by atoms with van der Waals surface area (Å²) in [7, 11) is 0. The average molecular weight is 311 g/mol. The van der Waals surface area contributed by atoms with E-state index in [1.165, 1.54) is 0 Å². The van der Waals surface area contributed by atoms with Crippen LogP contribution in [0.5, 0.6) is 0 Å². The molecule has 0 aromatic carbocycles. The summed E-state index contributed by atoms with van der Waals surface area (Å²) in [5.74, 6) is 5.40. The van der Waals surface area contributed by atoms with E-state index in [2.05, 4.69) is 57.2 Å². The maximum absolute atomic E-state index is 4.72. The first-order valence-corrected chi connectivity index (χ1v) is 9.11. The van der Waals surface area contributed by atoms with Crippen LogP contribution in [0.4, 0.5) is 11.6 Å². The van der Waals surface area contributed by atoms with E-state index in [0.29, 0.717) is 12.0 Å². The molecule has 120 valence electrons. The second-order valence-electron chi connectivity index (χ2n) is 5.69. The van der Waals surface area contributed by atoms with Crippen LogP contribution < -0.4 is 10.6 Å². The van der Waals surface area contributed by atoms with Gasteiger partial charge in [-0.3, -0.25) is 0 Å². The van der Waals surface area contributed by atoms with Gasteiger partial charge in [-0.15, -0.1) is 0 Å². The fourth-order valence-electron chi connectivity index (χ4n) is 1.92. The Morgan fingerprint density at radius 3 is 2.33 bits per heavy atom. The van der Waals surface area contributed by atoms with Gasteiger partial charge >= 0.3 is 0 Å². The summed E-state index contributed by atoms with van der Waals surface area (Å²) >= 11 is 1.95. The van der Waals surface area contributed by atoms with Gasteiger partial charge in [0.2, 0.25) is 0 Å². The van der Waals surface area contributed by atoms with Crippen LogP contribution in [0, 0.1) is 6.92 Å². The molecule has 0 radical (unpaired) electrons. The van der Waals surface area contributed by atoms with Crippen molar-refractivity contribution in [2.45, 2.75) is 59.9 Å². The van der Waals surface area contributed by atoms with Crippen molar-refractivity contribution in [1.82, 2.24) is 9.97 Å². The summed E-state index contributed by atoms with van der Waals surface area (Å²) in [6.45, 7) is 13.9. The molecule has 1 aromatic rings. The Morgan fingerprint density at radius 2 is 1.76 bits per heavy atom. The van der Waals surface area contributed by atoms with Crippen LogP contribution in [-0.4, -0.2) is 34.1 Å². The smallest absolute Gasteiger partial charge is 0.135 e. The van der Waals surface area contributed by atoms with E-state index >= 15 is 0 Å². The topological polar surface area (TPSA) is 49.8 Å². The molecule has 0 aliphatic carbocycles. The monoisotopic (exact) mass is 310 g/mol. The van der Waals surface area contributed by atoms with Crippen molar-refractivity contribution in [3.05, 3.63) is 11.4 Å². The predicted molar refractivity (Wildman–Crippen MR) is 95.7 cm³/mol. The van der Waals surface area contributed by atoms with Crippen LogP contribution in [0.1, 0.15) is 58.3 Å². The highest BCUT2D eigenvalue weighted by atomic mass is 32.2. The fourth-order valence-corrected chi connectivity index (χ4v) is 2.59. The van der Waals surface area contributed by atoms with Gasteiger partial charge in [0.15, 0.2) is 0 Å². The Balaban J connectivity index is 2.96. The normalized spacial score (nSPS) is 12.5. The highest BCUT2D eigenvalue weighted by Gasteiger charge is 2.14. The van der Waals surface area contributed by atoms with Crippen molar-refractivity contribution in [3.8, 4) is 0 Å². The van der Waals surface area contributed by atoms with Crippen molar-refractivity contribution >= 4 is 23.4 Å². The molecule has 5 heteroatoms. The average Bonchev–Trinajstić information content (AvgIpc) is 2.45. The van der Waals surface area contributed by atoms with Crippen LogP contribution in [0.2, 0.25) is 0 Å². The van der Waals surface area contributed by atoms with Gasteiger partial charge in [-0.1, -0.05) is 27.7 Å². The van der Waals surface area contributed by atoms with Gasteiger partial charge in [-0.25, -0.2) is 9.97 Å². The zero-order chi connectivity index (χ0) is 15.8. The summed E-state index contributed by atoms with van der Waals surface area (Å²) in [6.07, 6.45) is 1.09. The molecule has 0 spiro atoms. The first-order valence-electron chi connectivity index (χ1n) is 7.96. The molecule has 0 saturated carbocycles. The Morgan fingerprint density at radius 1 is 1.10 bits per heavy atom. The Kier molecular flexibility index (Phi) is 7.86. The third-order valence-corrected chi connectivity index (χ3v) is 4.32. The summed E-state index contributed by atoms with van der Waals surface area (Å²) in [4.78, 5) is 9.39. The Labute approximate surface area is 133 Å². The van der Waals surface area contributed by atoms with Crippen LogP contribution in [0.15, 0.2) is 0 Å². The first kappa shape index (κ1) is 18.1. The second kappa shape index (κ2) is 9.13. The maximum Gasteiger partial charge on any atom is 0.135 e. The van der Waals surface area contributed by atoms with Gasteiger partial charge in [0, 0.05) is 29.8 Å². The lowest BCUT2D eigenvalue weighted by Crippen LogP contribution is -2.21. The minimum absolute atomic E-state index is 0.327. The highest BCUT2D eigenvalue weighted by molar-refractivity contribution is 7.99. The van der Waals surface area contributed by atoms with E-state index in [0.717, 1.165) is 47.5 Å². The number of rotatable bonds is 9. The zero-order valence-corrected chi connectivity index (χ0v) is 15.1. The predicted octanol–water partition coefficient (Wildman–Crippen LogP) is 4.28. The molecule has 0 saturated heterocycles. The first-order chi connectivity index (χ1) is 9.99. The molecule has 1 atom stereocenters. The summed E-state index contributed by atoms with van der Waals surface area (Å²) in [5, 5.41) is 6.96. The lowest BCUT2D eigenvalue weighted by atomic mass is 10.2. The fraction of sp³-hybridized carbons (Fsp3) is 0.750. The van der Waals surface area contributed by atoms with E-state index in [1.807, 2.05) is 11.8 Å². The minimum Gasteiger partial charge on any atom is -0.370 e. The van der Waals surface area contributed by atoms with Gasteiger partial charge in [0.1, 0.15) is 17.5 Å². The molecule has 1 unspecified atom stereocenters. The molecular formula is C16H30N4S. The number of nitrogens with zero attached hydrogens (tertiary/aromatic N) is 2. The van der Waals surface area contributed by atoms with Crippen molar-refractivity contribution in [2.75, 3.05) is 28.7 Å². The number of hydrogen-bond donors (Lipinski definition) is 2. The van der Waals surface area contributed by atoms with Crippen molar-refractivity contribution in [1.29, 1.82) is 0 Å². The van der Waals surface area contributed by atoms with Crippen LogP contribution in [0.25, 0.3) is 0 Å². The van der Waals surface area contributed by atoms with E-state index in [4.69, 9.17) is 4.98 Å². The van der Waals surface area contributed by atoms with E-state index in [9.17, 15) is 0 Å². The standard InChI is InChI=1S/C16H30N4S/c1-7-9-17-15-13(6)16(18-12(5)10-21-8-2)20-14(19-15)11(3)4/h11-12H,7-10H2,1-6H3,(H2,17,18,19,20). The highest BCUT2D eigenvalue weighted by Crippen LogP contribution is 2.24. The lowest BCUT2D eigenvalue weighted by molar-refractivity contribution is 0.766. The Hall–Kier alpha value is -0.970. The molecule has 1 heterocycles. The van der Waals surface area contributed by atoms with E-state index < -0.39 is 0 Å². The number of aromatic nitrogens is 2. The Bertz CT molecular complexity index is 435. The van der Waals surface area contributed by atoms with Crippen LogP contribution in [0.3, 0.4) is 0 Å².